The topological polar surface area (TPSA) is 89.4 Å². The molecule has 2 aromatic carbocycles. The van der Waals surface area contributed by atoms with E-state index in [-0.39, 0.29) is 0 Å². The molecule has 6 nitrogen and oxygen atoms in total. The van der Waals surface area contributed by atoms with E-state index in [0.29, 0.717) is 5.56 Å². The van der Waals surface area contributed by atoms with E-state index in [1.54, 1.807) is 17.5 Å². The third kappa shape index (κ3) is 4.31. The van der Waals surface area contributed by atoms with Gasteiger partial charge in [-0.05, 0) is 65.0 Å². The summed E-state index contributed by atoms with van der Waals surface area (Å²) in [5.41, 5.74) is 6.62. The molecule has 0 aliphatic rings. The zero-order valence-corrected chi connectivity index (χ0v) is 20.1. The lowest BCUT2D eigenvalue weighted by atomic mass is 10.1. The summed E-state index contributed by atoms with van der Waals surface area (Å²) in [5.74, 6) is 0. The second-order valence-corrected chi connectivity index (χ2v) is 9.62. The first-order chi connectivity index (χ1) is 17.8. The number of benzene rings is 2. The molecule has 0 saturated heterocycles. The predicted molar refractivity (Wildman–Crippen MR) is 146 cm³/mol. The summed E-state index contributed by atoms with van der Waals surface area (Å²) in [6, 6.07) is 23.2. The fourth-order valence-electron chi connectivity index (χ4n) is 4.38. The van der Waals surface area contributed by atoms with E-state index >= 15 is 0 Å². The highest BCUT2D eigenvalue weighted by Gasteiger charge is 2.15. The number of nitrogens with zero attached hydrogens (tertiary/aromatic N) is 3. The zero-order chi connectivity index (χ0) is 24.3. The number of hydrogen-bond acceptors (Lipinski definition) is 6. The summed E-state index contributed by atoms with van der Waals surface area (Å²) in [4.78, 5) is 12.8. The van der Waals surface area contributed by atoms with Crippen molar-refractivity contribution in [2.75, 3.05) is 5.32 Å². The number of nitriles is 1. The van der Waals surface area contributed by atoms with E-state index < -0.39 is 0 Å². The van der Waals surface area contributed by atoms with Gasteiger partial charge in [-0.3, -0.25) is 9.97 Å². The molecule has 0 saturated carbocycles. The third-order valence-electron chi connectivity index (χ3n) is 6.17. The van der Waals surface area contributed by atoms with Gasteiger partial charge in [0.15, 0.2) is 0 Å². The van der Waals surface area contributed by atoms with Crippen LogP contribution < -0.4 is 10.6 Å². The van der Waals surface area contributed by atoms with E-state index in [4.69, 9.17) is 0 Å². The van der Waals surface area contributed by atoms with E-state index in [1.165, 1.54) is 21.2 Å². The van der Waals surface area contributed by atoms with Crippen molar-refractivity contribution in [1.82, 2.24) is 20.3 Å². The number of hydrogen-bond donors (Lipinski definition) is 3. The van der Waals surface area contributed by atoms with Gasteiger partial charge in [0.25, 0.3) is 0 Å². The monoisotopic (exact) mass is 486 g/mol. The molecule has 4 aromatic heterocycles. The largest absolute Gasteiger partial charge is 0.361 e. The summed E-state index contributed by atoms with van der Waals surface area (Å²) < 4.78 is 1.20. The first-order valence-electron chi connectivity index (χ1n) is 11.6. The molecule has 4 heterocycles. The minimum absolute atomic E-state index is 0.512. The summed E-state index contributed by atoms with van der Waals surface area (Å²) in [5, 5.41) is 19.1. The van der Waals surface area contributed by atoms with Crippen molar-refractivity contribution < 1.29 is 0 Å². The Bertz CT molecular complexity index is 1710. The van der Waals surface area contributed by atoms with Crippen LogP contribution in [0.5, 0.6) is 0 Å². The van der Waals surface area contributed by atoms with Crippen molar-refractivity contribution in [1.29, 1.82) is 5.26 Å². The Kier molecular flexibility index (Phi) is 5.88. The predicted octanol–water partition coefficient (Wildman–Crippen LogP) is 6.74. The fraction of sp³-hybridized carbons (Fsp3) is 0.0690. The third-order valence-corrected chi connectivity index (χ3v) is 7.32. The van der Waals surface area contributed by atoms with Crippen LogP contribution in [-0.2, 0) is 13.1 Å². The van der Waals surface area contributed by atoms with Crippen LogP contribution >= 0.6 is 11.3 Å². The Hall–Kier alpha value is -4.51. The van der Waals surface area contributed by atoms with Crippen LogP contribution in [0.2, 0.25) is 0 Å². The van der Waals surface area contributed by atoms with Gasteiger partial charge < -0.3 is 15.6 Å². The quantitative estimate of drug-likeness (QED) is 0.232. The summed E-state index contributed by atoms with van der Waals surface area (Å²) in [7, 11) is 0. The maximum atomic E-state index is 9.84. The Morgan fingerprint density at radius 2 is 1.81 bits per heavy atom. The normalized spacial score (nSPS) is 11.1. The van der Waals surface area contributed by atoms with Gasteiger partial charge in [-0.15, -0.1) is 11.3 Å². The number of H-pyrrole nitrogens is 1. The number of fused-ring (bicyclic) bond motifs is 2. The molecule has 0 unspecified atom stereocenters. The number of anilines is 2. The SMILES string of the molecule is N#Cc1cncc(-c2cc3cc(CNCc4ccncc4)ccc3s2)c1Nc1cccc2[nH]ccc12. The Balaban J connectivity index is 1.31. The van der Waals surface area contributed by atoms with Gasteiger partial charge in [-0.25, -0.2) is 0 Å². The number of rotatable bonds is 7. The number of pyridine rings is 2. The molecule has 0 spiro atoms. The highest BCUT2D eigenvalue weighted by Crippen LogP contribution is 2.40. The molecule has 0 aliphatic heterocycles. The minimum Gasteiger partial charge on any atom is -0.361 e. The fourth-order valence-corrected chi connectivity index (χ4v) is 5.44. The summed E-state index contributed by atoms with van der Waals surface area (Å²) >= 11 is 1.71. The van der Waals surface area contributed by atoms with Gasteiger partial charge in [-0.2, -0.15) is 5.26 Å². The lowest BCUT2D eigenvalue weighted by Crippen LogP contribution is -2.12. The minimum atomic E-state index is 0.512. The van der Waals surface area contributed by atoms with E-state index in [2.05, 4.69) is 55.9 Å². The molecule has 7 heteroatoms. The van der Waals surface area contributed by atoms with Crippen molar-refractivity contribution in [2.24, 2.45) is 0 Å². The molecule has 0 fully saturated rings. The zero-order valence-electron chi connectivity index (χ0n) is 19.3. The molecule has 0 bridgehead atoms. The lowest BCUT2D eigenvalue weighted by Gasteiger charge is -2.13. The standard InChI is InChI=1S/C29H22N6S/c30-14-22-17-33-18-24(29(22)35-26-3-1-2-25-23(26)8-11-34-25)28-13-21-12-20(4-5-27(21)36-28)16-32-15-19-6-9-31-10-7-19/h1-13,17-18,32,34H,15-16H2,(H,33,35). The van der Waals surface area contributed by atoms with Crippen LogP contribution in [0.3, 0.4) is 0 Å². The van der Waals surface area contributed by atoms with Gasteiger partial charge in [0.1, 0.15) is 6.07 Å². The molecule has 6 rings (SSSR count). The van der Waals surface area contributed by atoms with Crippen LogP contribution in [-0.4, -0.2) is 15.0 Å². The van der Waals surface area contributed by atoms with Crippen LogP contribution in [0.25, 0.3) is 31.4 Å². The second-order valence-electron chi connectivity index (χ2n) is 8.53. The van der Waals surface area contributed by atoms with Gasteiger partial charge in [0, 0.05) is 75.8 Å². The van der Waals surface area contributed by atoms with E-state index in [0.717, 1.165) is 45.8 Å². The lowest BCUT2D eigenvalue weighted by molar-refractivity contribution is 0.693. The molecular weight excluding hydrogens is 464 g/mol. The molecule has 174 valence electrons. The van der Waals surface area contributed by atoms with Gasteiger partial charge in [-0.1, -0.05) is 12.1 Å². The summed E-state index contributed by atoms with van der Waals surface area (Å²) in [6.45, 7) is 1.58. The number of nitrogens with one attached hydrogen (secondary N) is 3. The van der Waals surface area contributed by atoms with Crippen molar-refractivity contribution in [3.8, 4) is 16.5 Å². The van der Waals surface area contributed by atoms with Gasteiger partial charge in [0.2, 0.25) is 0 Å². The molecular formula is C29H22N6S. The Morgan fingerprint density at radius 1 is 0.917 bits per heavy atom. The van der Waals surface area contributed by atoms with Gasteiger partial charge >= 0.3 is 0 Å². The van der Waals surface area contributed by atoms with E-state index in [9.17, 15) is 5.26 Å². The van der Waals surface area contributed by atoms with Crippen LogP contribution in [0, 0.1) is 11.3 Å². The number of thiophene rings is 1. The van der Waals surface area contributed by atoms with Crippen molar-refractivity contribution in [3.05, 3.63) is 108 Å². The van der Waals surface area contributed by atoms with Crippen molar-refractivity contribution in [3.63, 3.8) is 0 Å². The maximum Gasteiger partial charge on any atom is 0.103 e. The Labute approximate surface area is 212 Å². The first-order valence-corrected chi connectivity index (χ1v) is 12.4. The number of aromatic nitrogens is 3. The smallest absolute Gasteiger partial charge is 0.103 e. The molecule has 0 radical (unpaired) electrons. The molecule has 0 aliphatic carbocycles. The molecule has 3 N–H and O–H groups in total. The molecule has 36 heavy (non-hydrogen) atoms. The molecule has 0 atom stereocenters. The second kappa shape index (κ2) is 9.62. The highest BCUT2D eigenvalue weighted by atomic mass is 32.1. The van der Waals surface area contributed by atoms with Crippen molar-refractivity contribution >= 4 is 43.7 Å². The first kappa shape index (κ1) is 22.0. The average molecular weight is 487 g/mol. The maximum absolute atomic E-state index is 9.84. The van der Waals surface area contributed by atoms with Gasteiger partial charge in [0.05, 0.1) is 11.3 Å². The van der Waals surface area contributed by atoms with Crippen LogP contribution in [0.1, 0.15) is 16.7 Å². The highest BCUT2D eigenvalue weighted by molar-refractivity contribution is 7.22. The molecule has 6 aromatic rings. The van der Waals surface area contributed by atoms with Crippen LogP contribution in [0.15, 0.2) is 91.6 Å². The van der Waals surface area contributed by atoms with E-state index in [1.807, 2.05) is 61.2 Å². The summed E-state index contributed by atoms with van der Waals surface area (Å²) in [6.07, 6.45) is 9.00. The Morgan fingerprint density at radius 3 is 2.69 bits per heavy atom. The number of aromatic amines is 1. The molecule has 0 amide bonds. The van der Waals surface area contributed by atoms with Crippen LogP contribution in [0.4, 0.5) is 11.4 Å². The average Bonchev–Trinajstić information content (AvgIpc) is 3.57. The van der Waals surface area contributed by atoms with Crippen molar-refractivity contribution in [2.45, 2.75) is 13.1 Å².